The summed E-state index contributed by atoms with van der Waals surface area (Å²) in [4.78, 5) is 11.8. The number of sulfonamides is 1. The standard InChI is InChI=1S/C13H17N3O3S/c1-3-7-10(14)13(17)16-11-8-5-6-9-12(11)20(18,19)15-4-2/h1,5-6,8-10,15H,4,7,14H2,2H3,(H,16,17). The highest BCUT2D eigenvalue weighted by atomic mass is 32.2. The molecule has 0 saturated heterocycles. The van der Waals surface area contributed by atoms with Gasteiger partial charge in [0.2, 0.25) is 15.9 Å². The number of amides is 1. The van der Waals surface area contributed by atoms with Crippen molar-refractivity contribution in [2.24, 2.45) is 5.73 Å². The van der Waals surface area contributed by atoms with Crippen molar-refractivity contribution < 1.29 is 13.2 Å². The lowest BCUT2D eigenvalue weighted by Gasteiger charge is -2.13. The molecular weight excluding hydrogens is 278 g/mol. The summed E-state index contributed by atoms with van der Waals surface area (Å²) >= 11 is 0. The van der Waals surface area contributed by atoms with Crippen LogP contribution in [0.15, 0.2) is 29.2 Å². The van der Waals surface area contributed by atoms with Crippen LogP contribution in [0.1, 0.15) is 13.3 Å². The Balaban J connectivity index is 3.04. The van der Waals surface area contributed by atoms with Crippen molar-refractivity contribution in [3.8, 4) is 12.3 Å². The Bertz CT molecular complexity index is 620. The highest BCUT2D eigenvalue weighted by molar-refractivity contribution is 7.89. The molecule has 1 aromatic carbocycles. The quantitative estimate of drug-likeness (QED) is 0.656. The van der Waals surface area contributed by atoms with E-state index in [0.717, 1.165) is 0 Å². The molecule has 0 spiro atoms. The molecule has 0 aliphatic rings. The Labute approximate surface area is 118 Å². The molecular formula is C13H17N3O3S. The Morgan fingerprint density at radius 2 is 2.10 bits per heavy atom. The van der Waals surface area contributed by atoms with Crippen LogP contribution in [0.5, 0.6) is 0 Å². The van der Waals surface area contributed by atoms with E-state index in [4.69, 9.17) is 12.2 Å². The van der Waals surface area contributed by atoms with Crippen LogP contribution in [0.4, 0.5) is 5.69 Å². The summed E-state index contributed by atoms with van der Waals surface area (Å²) in [6, 6.07) is 5.20. The van der Waals surface area contributed by atoms with Crippen LogP contribution in [0.3, 0.4) is 0 Å². The highest BCUT2D eigenvalue weighted by Crippen LogP contribution is 2.20. The zero-order valence-corrected chi connectivity index (χ0v) is 11.9. The molecule has 0 heterocycles. The molecule has 6 nitrogen and oxygen atoms in total. The van der Waals surface area contributed by atoms with Gasteiger partial charge in [0, 0.05) is 13.0 Å². The zero-order chi connectivity index (χ0) is 15.2. The summed E-state index contributed by atoms with van der Waals surface area (Å²) in [7, 11) is -3.67. The molecule has 20 heavy (non-hydrogen) atoms. The van der Waals surface area contributed by atoms with E-state index >= 15 is 0 Å². The third kappa shape index (κ3) is 4.06. The van der Waals surface area contributed by atoms with E-state index in [1.54, 1.807) is 19.1 Å². The van der Waals surface area contributed by atoms with Crippen molar-refractivity contribution in [1.82, 2.24) is 4.72 Å². The summed E-state index contributed by atoms with van der Waals surface area (Å²) in [6.45, 7) is 1.92. The van der Waals surface area contributed by atoms with Gasteiger partial charge < -0.3 is 11.1 Å². The number of nitrogens with two attached hydrogens (primary N) is 1. The fourth-order valence-corrected chi connectivity index (χ4v) is 2.72. The van der Waals surface area contributed by atoms with E-state index in [0.29, 0.717) is 0 Å². The van der Waals surface area contributed by atoms with Gasteiger partial charge in [0.1, 0.15) is 4.90 Å². The minimum Gasteiger partial charge on any atom is -0.323 e. The fourth-order valence-electron chi connectivity index (χ4n) is 1.52. The number of para-hydroxylation sites is 1. The summed E-state index contributed by atoms with van der Waals surface area (Å²) in [5.74, 6) is 1.76. The maximum atomic E-state index is 12.0. The maximum Gasteiger partial charge on any atom is 0.242 e. The van der Waals surface area contributed by atoms with Crippen molar-refractivity contribution >= 4 is 21.6 Å². The van der Waals surface area contributed by atoms with Crippen LogP contribution >= 0.6 is 0 Å². The first-order valence-corrected chi connectivity index (χ1v) is 7.49. The van der Waals surface area contributed by atoms with E-state index in [9.17, 15) is 13.2 Å². The first-order chi connectivity index (χ1) is 9.42. The molecule has 0 aliphatic heterocycles. The second kappa shape index (κ2) is 7.05. The molecule has 1 unspecified atom stereocenters. The molecule has 1 rings (SSSR count). The minimum atomic E-state index is -3.67. The van der Waals surface area contributed by atoms with Crippen molar-refractivity contribution in [1.29, 1.82) is 0 Å². The molecule has 0 saturated carbocycles. The molecule has 1 aromatic rings. The number of hydrogen-bond donors (Lipinski definition) is 3. The van der Waals surface area contributed by atoms with Gasteiger partial charge in [0.05, 0.1) is 11.7 Å². The maximum absolute atomic E-state index is 12.0. The van der Waals surface area contributed by atoms with Crippen LogP contribution in [0.25, 0.3) is 0 Å². The predicted octanol–water partition coefficient (Wildman–Crippen LogP) is 0.274. The Morgan fingerprint density at radius 3 is 2.70 bits per heavy atom. The van der Waals surface area contributed by atoms with Gasteiger partial charge in [-0.05, 0) is 12.1 Å². The van der Waals surface area contributed by atoms with Gasteiger partial charge in [-0.3, -0.25) is 4.79 Å². The third-order valence-corrected chi connectivity index (χ3v) is 4.05. The SMILES string of the molecule is C#CCC(N)C(=O)Nc1ccccc1S(=O)(=O)NCC. The van der Waals surface area contributed by atoms with E-state index < -0.39 is 22.0 Å². The molecule has 0 bridgehead atoms. The van der Waals surface area contributed by atoms with Crippen molar-refractivity contribution in [3.63, 3.8) is 0 Å². The number of anilines is 1. The fraction of sp³-hybridized carbons (Fsp3) is 0.308. The Kier molecular flexibility index (Phi) is 5.70. The van der Waals surface area contributed by atoms with Gasteiger partial charge in [-0.1, -0.05) is 19.1 Å². The number of hydrogen-bond acceptors (Lipinski definition) is 4. The summed E-state index contributed by atoms with van der Waals surface area (Å²) in [5, 5.41) is 2.48. The number of carbonyl (C=O) groups excluding carboxylic acids is 1. The second-order valence-corrected chi connectivity index (χ2v) is 5.74. The predicted molar refractivity (Wildman–Crippen MR) is 77.4 cm³/mol. The first-order valence-electron chi connectivity index (χ1n) is 6.01. The average Bonchev–Trinajstić information content (AvgIpc) is 2.39. The minimum absolute atomic E-state index is 0.0110. The smallest absolute Gasteiger partial charge is 0.242 e. The van der Waals surface area contributed by atoms with Gasteiger partial charge in [-0.2, -0.15) is 0 Å². The number of carbonyl (C=O) groups is 1. The van der Waals surface area contributed by atoms with Crippen molar-refractivity contribution in [3.05, 3.63) is 24.3 Å². The van der Waals surface area contributed by atoms with Crippen LogP contribution in [0.2, 0.25) is 0 Å². The third-order valence-electron chi connectivity index (χ3n) is 2.44. The van der Waals surface area contributed by atoms with Gasteiger partial charge in [-0.15, -0.1) is 12.3 Å². The average molecular weight is 295 g/mol. The highest BCUT2D eigenvalue weighted by Gasteiger charge is 2.20. The van der Waals surface area contributed by atoms with Crippen LogP contribution in [0, 0.1) is 12.3 Å². The molecule has 1 atom stereocenters. The van der Waals surface area contributed by atoms with Crippen LogP contribution < -0.4 is 15.8 Å². The van der Waals surface area contributed by atoms with Gasteiger partial charge in [-0.25, -0.2) is 13.1 Å². The Hall–Kier alpha value is -1.88. The van der Waals surface area contributed by atoms with E-state index in [1.807, 2.05) is 0 Å². The second-order valence-electron chi connectivity index (χ2n) is 4.00. The van der Waals surface area contributed by atoms with Crippen LogP contribution in [-0.4, -0.2) is 26.9 Å². The van der Waals surface area contributed by atoms with Gasteiger partial charge >= 0.3 is 0 Å². The Morgan fingerprint density at radius 1 is 1.45 bits per heavy atom. The lowest BCUT2D eigenvalue weighted by molar-refractivity contribution is -0.117. The lowest BCUT2D eigenvalue weighted by atomic mass is 10.2. The molecule has 108 valence electrons. The number of nitrogens with one attached hydrogen (secondary N) is 2. The normalized spacial score (nSPS) is 12.4. The zero-order valence-electron chi connectivity index (χ0n) is 11.1. The lowest BCUT2D eigenvalue weighted by Crippen LogP contribution is -2.36. The van der Waals surface area contributed by atoms with Crippen molar-refractivity contribution in [2.75, 3.05) is 11.9 Å². The van der Waals surface area contributed by atoms with Crippen molar-refractivity contribution in [2.45, 2.75) is 24.3 Å². The van der Waals surface area contributed by atoms with E-state index in [2.05, 4.69) is 16.0 Å². The molecule has 1 amide bonds. The van der Waals surface area contributed by atoms with Gasteiger partial charge in [0.15, 0.2) is 0 Å². The first kappa shape index (κ1) is 16.2. The summed E-state index contributed by atoms with van der Waals surface area (Å²) in [6.07, 6.45) is 5.16. The largest absolute Gasteiger partial charge is 0.323 e. The molecule has 0 aromatic heterocycles. The molecule has 4 N–H and O–H groups in total. The van der Waals surface area contributed by atoms with Gasteiger partial charge in [0.25, 0.3) is 0 Å². The molecule has 7 heteroatoms. The van der Waals surface area contributed by atoms with E-state index in [-0.39, 0.29) is 23.5 Å². The number of rotatable bonds is 6. The molecule has 0 aliphatic carbocycles. The van der Waals surface area contributed by atoms with E-state index in [1.165, 1.54) is 12.1 Å². The molecule has 0 radical (unpaired) electrons. The number of terminal acetylenes is 1. The number of benzene rings is 1. The monoisotopic (exact) mass is 295 g/mol. The molecule has 0 fully saturated rings. The topological polar surface area (TPSA) is 101 Å². The summed E-state index contributed by atoms with van der Waals surface area (Å²) in [5.41, 5.74) is 5.75. The summed E-state index contributed by atoms with van der Waals surface area (Å²) < 4.78 is 26.4. The van der Waals surface area contributed by atoms with Crippen LogP contribution in [-0.2, 0) is 14.8 Å².